The molecule has 5 heteroatoms. The van der Waals surface area contributed by atoms with E-state index in [0.717, 1.165) is 25.7 Å². The highest BCUT2D eigenvalue weighted by Crippen LogP contribution is 2.35. The lowest BCUT2D eigenvalue weighted by Gasteiger charge is -2.20. The Balaban J connectivity index is 2.70. The Morgan fingerprint density at radius 3 is 2.14 bits per heavy atom. The fourth-order valence-electron chi connectivity index (χ4n) is 3.68. The molecule has 2 atom stereocenters. The van der Waals surface area contributed by atoms with Gasteiger partial charge in [0.15, 0.2) is 17.7 Å². The standard InChI is InChI=1S/C24H40O5/c1-6-7-8-9-10-11-12-13-19(25)29-24-18(15-14-16(2)3)22(27)20(23(24)28)21(26)17(4)5/h16-18,24,28H,6-15H2,1-5H3. The Labute approximate surface area is 176 Å². The lowest BCUT2D eigenvalue weighted by Crippen LogP contribution is -2.29. The lowest BCUT2D eigenvalue weighted by atomic mass is 9.90. The molecule has 5 nitrogen and oxygen atoms in total. The second-order valence-electron chi connectivity index (χ2n) is 9.00. The normalized spacial score (nSPS) is 19.5. The van der Waals surface area contributed by atoms with Crippen LogP contribution in [0.25, 0.3) is 0 Å². The van der Waals surface area contributed by atoms with Crippen LogP contribution >= 0.6 is 0 Å². The molecule has 1 aliphatic rings. The predicted octanol–water partition coefficient (Wildman–Crippen LogP) is 5.71. The number of ketones is 2. The van der Waals surface area contributed by atoms with Gasteiger partial charge in [0, 0.05) is 12.3 Å². The van der Waals surface area contributed by atoms with Gasteiger partial charge in [0.1, 0.15) is 11.3 Å². The largest absolute Gasteiger partial charge is 0.507 e. The van der Waals surface area contributed by atoms with Crippen molar-refractivity contribution in [2.75, 3.05) is 0 Å². The third-order valence-electron chi connectivity index (χ3n) is 5.54. The van der Waals surface area contributed by atoms with Crippen LogP contribution in [0.3, 0.4) is 0 Å². The Morgan fingerprint density at radius 1 is 1.00 bits per heavy atom. The minimum Gasteiger partial charge on any atom is -0.507 e. The molecule has 1 rings (SSSR count). The summed E-state index contributed by atoms with van der Waals surface area (Å²) < 4.78 is 5.52. The van der Waals surface area contributed by atoms with E-state index in [1.165, 1.54) is 25.7 Å². The molecule has 1 N–H and O–H groups in total. The zero-order chi connectivity index (χ0) is 22.0. The molecule has 2 unspecified atom stereocenters. The summed E-state index contributed by atoms with van der Waals surface area (Å²) in [7, 11) is 0. The average Bonchev–Trinajstić information content (AvgIpc) is 2.88. The predicted molar refractivity (Wildman–Crippen MR) is 115 cm³/mol. The van der Waals surface area contributed by atoms with Gasteiger partial charge >= 0.3 is 5.97 Å². The number of allylic oxidation sites excluding steroid dienone is 1. The second-order valence-corrected chi connectivity index (χ2v) is 9.00. The number of ether oxygens (including phenoxy) is 1. The molecule has 0 spiro atoms. The Bertz CT molecular complexity index is 588. The van der Waals surface area contributed by atoms with Crippen molar-refractivity contribution >= 4 is 17.5 Å². The van der Waals surface area contributed by atoms with Gasteiger partial charge in [-0.25, -0.2) is 0 Å². The highest BCUT2D eigenvalue weighted by Gasteiger charge is 2.47. The summed E-state index contributed by atoms with van der Waals surface area (Å²) in [6.45, 7) is 9.67. The van der Waals surface area contributed by atoms with Gasteiger partial charge in [-0.1, -0.05) is 79.6 Å². The molecule has 0 aromatic rings. The number of aliphatic hydroxyl groups is 1. The molecule has 0 fully saturated rings. The van der Waals surface area contributed by atoms with E-state index >= 15 is 0 Å². The van der Waals surface area contributed by atoms with E-state index in [1.54, 1.807) is 13.8 Å². The van der Waals surface area contributed by atoms with Gasteiger partial charge in [0.25, 0.3) is 0 Å². The van der Waals surface area contributed by atoms with Crippen LogP contribution in [0.4, 0.5) is 0 Å². The number of carbonyl (C=O) groups is 3. The van der Waals surface area contributed by atoms with Crippen molar-refractivity contribution < 1.29 is 24.2 Å². The number of carbonyl (C=O) groups excluding carboxylic acids is 3. The van der Waals surface area contributed by atoms with E-state index in [0.29, 0.717) is 12.3 Å². The van der Waals surface area contributed by atoms with E-state index < -0.39 is 23.9 Å². The minimum atomic E-state index is -1.02. The maximum atomic E-state index is 12.8. The zero-order valence-corrected chi connectivity index (χ0v) is 19.0. The number of rotatable bonds is 14. The summed E-state index contributed by atoms with van der Waals surface area (Å²) in [5.74, 6) is -2.20. The molecular weight excluding hydrogens is 368 g/mol. The molecule has 0 bridgehead atoms. The zero-order valence-electron chi connectivity index (χ0n) is 19.0. The van der Waals surface area contributed by atoms with Crippen molar-refractivity contribution in [2.45, 2.75) is 105 Å². The molecule has 0 aliphatic heterocycles. The van der Waals surface area contributed by atoms with Crippen LogP contribution in [0.2, 0.25) is 0 Å². The Morgan fingerprint density at radius 2 is 1.59 bits per heavy atom. The van der Waals surface area contributed by atoms with E-state index in [2.05, 4.69) is 20.8 Å². The van der Waals surface area contributed by atoms with E-state index in [1.807, 2.05) is 0 Å². The Hall–Kier alpha value is -1.65. The summed E-state index contributed by atoms with van der Waals surface area (Å²) in [6, 6.07) is 0. The van der Waals surface area contributed by atoms with E-state index in [-0.39, 0.29) is 29.3 Å². The van der Waals surface area contributed by atoms with Gasteiger partial charge in [-0.05, 0) is 18.8 Å². The monoisotopic (exact) mass is 408 g/mol. The first-order chi connectivity index (χ1) is 13.7. The fraction of sp³-hybridized carbons (Fsp3) is 0.792. The van der Waals surface area contributed by atoms with Crippen molar-refractivity contribution in [3.63, 3.8) is 0 Å². The molecule has 0 aromatic carbocycles. The lowest BCUT2D eigenvalue weighted by molar-refractivity contribution is -0.151. The van der Waals surface area contributed by atoms with Gasteiger partial charge < -0.3 is 9.84 Å². The number of hydrogen-bond donors (Lipinski definition) is 1. The van der Waals surface area contributed by atoms with Crippen molar-refractivity contribution in [1.29, 1.82) is 0 Å². The van der Waals surface area contributed by atoms with Crippen LogP contribution in [0.5, 0.6) is 0 Å². The molecule has 0 saturated carbocycles. The molecular formula is C24H40O5. The fourth-order valence-corrected chi connectivity index (χ4v) is 3.68. The SMILES string of the molecule is CCCCCCCCCC(=O)OC1C(O)=C(C(=O)C(C)C)C(=O)C1CCC(C)C. The van der Waals surface area contributed by atoms with Crippen molar-refractivity contribution in [2.24, 2.45) is 17.8 Å². The molecule has 0 aromatic heterocycles. The first kappa shape index (κ1) is 25.4. The number of Topliss-reactive ketones (excluding diaryl/α,β-unsaturated/α-hetero) is 2. The maximum absolute atomic E-state index is 12.8. The third-order valence-corrected chi connectivity index (χ3v) is 5.54. The summed E-state index contributed by atoms with van der Waals surface area (Å²) in [5.41, 5.74) is -0.164. The molecule has 0 saturated heterocycles. The second kappa shape index (κ2) is 12.8. The summed E-state index contributed by atoms with van der Waals surface area (Å²) in [6.07, 6.45) is 8.19. The first-order valence-electron chi connectivity index (χ1n) is 11.4. The summed E-state index contributed by atoms with van der Waals surface area (Å²) >= 11 is 0. The molecule has 0 heterocycles. The highest BCUT2D eigenvalue weighted by atomic mass is 16.6. The van der Waals surface area contributed by atoms with Crippen LogP contribution in [0, 0.1) is 17.8 Å². The number of esters is 1. The summed E-state index contributed by atoms with van der Waals surface area (Å²) in [4.78, 5) is 37.6. The molecule has 0 amide bonds. The smallest absolute Gasteiger partial charge is 0.306 e. The average molecular weight is 409 g/mol. The van der Waals surface area contributed by atoms with E-state index in [4.69, 9.17) is 4.74 Å². The van der Waals surface area contributed by atoms with E-state index in [9.17, 15) is 19.5 Å². The van der Waals surface area contributed by atoms with Gasteiger partial charge in [-0.2, -0.15) is 0 Å². The van der Waals surface area contributed by atoms with Crippen LogP contribution in [-0.2, 0) is 19.1 Å². The molecule has 29 heavy (non-hydrogen) atoms. The number of unbranched alkanes of at least 4 members (excludes halogenated alkanes) is 6. The van der Waals surface area contributed by atoms with Crippen LogP contribution in [0.15, 0.2) is 11.3 Å². The topological polar surface area (TPSA) is 80.7 Å². The van der Waals surface area contributed by atoms with Crippen molar-refractivity contribution in [3.05, 3.63) is 11.3 Å². The van der Waals surface area contributed by atoms with Gasteiger partial charge in [-0.3, -0.25) is 14.4 Å². The number of hydrogen-bond acceptors (Lipinski definition) is 5. The van der Waals surface area contributed by atoms with Crippen LogP contribution < -0.4 is 0 Å². The third kappa shape index (κ3) is 7.94. The molecule has 0 radical (unpaired) electrons. The van der Waals surface area contributed by atoms with Crippen molar-refractivity contribution in [3.8, 4) is 0 Å². The van der Waals surface area contributed by atoms with Gasteiger partial charge in [-0.15, -0.1) is 0 Å². The van der Waals surface area contributed by atoms with Gasteiger partial charge in [0.2, 0.25) is 0 Å². The highest BCUT2D eigenvalue weighted by molar-refractivity contribution is 6.23. The van der Waals surface area contributed by atoms with Crippen molar-refractivity contribution in [1.82, 2.24) is 0 Å². The Kier molecular flexibility index (Phi) is 11.2. The molecule has 1 aliphatic carbocycles. The van der Waals surface area contributed by atoms with Crippen LogP contribution in [-0.4, -0.2) is 28.7 Å². The maximum Gasteiger partial charge on any atom is 0.306 e. The number of aliphatic hydroxyl groups excluding tert-OH is 1. The first-order valence-corrected chi connectivity index (χ1v) is 11.4. The summed E-state index contributed by atoms with van der Waals surface area (Å²) in [5, 5.41) is 10.6. The quantitative estimate of drug-likeness (QED) is 0.226. The minimum absolute atomic E-state index is 0.164. The van der Waals surface area contributed by atoms with Crippen LogP contribution in [0.1, 0.15) is 98.8 Å². The molecule has 166 valence electrons. The van der Waals surface area contributed by atoms with Gasteiger partial charge in [0.05, 0.1) is 5.92 Å².